The molecular weight excluding hydrogens is 237 g/mol. The Bertz CT molecular complexity index is 549. The molecule has 0 aliphatic carbocycles. The van der Waals surface area contributed by atoms with Gasteiger partial charge in [-0.15, -0.1) is 0 Å². The van der Waals surface area contributed by atoms with E-state index in [4.69, 9.17) is 0 Å². The largest absolute Gasteiger partial charge is 0.381 e. The lowest BCUT2D eigenvalue weighted by Gasteiger charge is -2.12. The van der Waals surface area contributed by atoms with Crippen molar-refractivity contribution in [2.24, 2.45) is 0 Å². The number of benzene rings is 2. The van der Waals surface area contributed by atoms with Gasteiger partial charge in [0.1, 0.15) is 5.82 Å². The maximum absolute atomic E-state index is 13.5. The van der Waals surface area contributed by atoms with Gasteiger partial charge in [0.15, 0.2) is 0 Å². The minimum Gasteiger partial charge on any atom is -0.381 e. The molecule has 0 unspecified atom stereocenters. The Labute approximate surface area is 114 Å². The normalized spacial score (nSPS) is 10.5. The minimum absolute atomic E-state index is 0.138. The van der Waals surface area contributed by atoms with Gasteiger partial charge in [0.05, 0.1) is 0 Å². The molecule has 0 heterocycles. The average molecular weight is 257 g/mol. The number of rotatable bonds is 5. The molecule has 0 amide bonds. The van der Waals surface area contributed by atoms with Crippen LogP contribution in [0, 0.1) is 12.7 Å². The number of hydrogen-bond acceptors (Lipinski definition) is 1. The topological polar surface area (TPSA) is 12.0 Å². The number of para-hydroxylation sites is 1. The standard InChI is InChI=1S/C17H20FN/c1-3-6-15-7-4-5-8-17(15)19-12-14-10-9-13(2)16(18)11-14/h4-5,7-11,19H,3,6,12H2,1-2H3. The van der Waals surface area contributed by atoms with Crippen LogP contribution in [0.15, 0.2) is 42.5 Å². The first-order valence-corrected chi connectivity index (χ1v) is 6.77. The van der Waals surface area contributed by atoms with Crippen molar-refractivity contribution in [3.63, 3.8) is 0 Å². The average Bonchev–Trinajstić information content (AvgIpc) is 2.42. The van der Waals surface area contributed by atoms with Crippen LogP contribution < -0.4 is 5.32 Å². The zero-order chi connectivity index (χ0) is 13.7. The SMILES string of the molecule is CCCc1ccccc1NCc1ccc(C)c(F)c1. The molecule has 2 rings (SSSR count). The molecule has 2 heteroatoms. The number of halogens is 1. The second kappa shape index (κ2) is 6.37. The molecule has 0 saturated carbocycles. The van der Waals surface area contributed by atoms with Crippen LogP contribution in [0.3, 0.4) is 0 Å². The van der Waals surface area contributed by atoms with Gasteiger partial charge >= 0.3 is 0 Å². The highest BCUT2D eigenvalue weighted by Gasteiger charge is 2.02. The zero-order valence-corrected chi connectivity index (χ0v) is 11.5. The molecule has 1 nitrogen and oxygen atoms in total. The van der Waals surface area contributed by atoms with Crippen LogP contribution >= 0.6 is 0 Å². The maximum Gasteiger partial charge on any atom is 0.126 e. The Morgan fingerprint density at radius 2 is 1.89 bits per heavy atom. The quantitative estimate of drug-likeness (QED) is 0.818. The minimum atomic E-state index is -0.138. The first kappa shape index (κ1) is 13.6. The first-order valence-electron chi connectivity index (χ1n) is 6.77. The van der Waals surface area contributed by atoms with Gasteiger partial charge in [-0.3, -0.25) is 0 Å². The highest BCUT2D eigenvalue weighted by atomic mass is 19.1. The van der Waals surface area contributed by atoms with E-state index in [1.54, 1.807) is 13.0 Å². The zero-order valence-electron chi connectivity index (χ0n) is 11.5. The van der Waals surface area contributed by atoms with E-state index in [1.165, 1.54) is 5.56 Å². The van der Waals surface area contributed by atoms with E-state index in [9.17, 15) is 4.39 Å². The van der Waals surface area contributed by atoms with Crippen molar-refractivity contribution < 1.29 is 4.39 Å². The van der Waals surface area contributed by atoms with Gasteiger partial charge in [0.25, 0.3) is 0 Å². The van der Waals surface area contributed by atoms with Crippen LogP contribution in [0.25, 0.3) is 0 Å². The highest BCUT2D eigenvalue weighted by Crippen LogP contribution is 2.18. The summed E-state index contributed by atoms with van der Waals surface area (Å²) in [6.07, 6.45) is 2.18. The van der Waals surface area contributed by atoms with Crippen molar-refractivity contribution in [2.45, 2.75) is 33.2 Å². The van der Waals surface area contributed by atoms with Crippen LogP contribution in [0.5, 0.6) is 0 Å². The van der Waals surface area contributed by atoms with E-state index in [0.717, 1.165) is 24.1 Å². The Morgan fingerprint density at radius 1 is 1.11 bits per heavy atom. The van der Waals surface area contributed by atoms with Crippen molar-refractivity contribution in [3.05, 3.63) is 65.0 Å². The van der Waals surface area contributed by atoms with E-state index >= 15 is 0 Å². The fraction of sp³-hybridized carbons (Fsp3) is 0.294. The predicted molar refractivity (Wildman–Crippen MR) is 78.9 cm³/mol. The number of aryl methyl sites for hydroxylation is 2. The van der Waals surface area contributed by atoms with Crippen LogP contribution in [0.4, 0.5) is 10.1 Å². The van der Waals surface area contributed by atoms with Crippen LogP contribution in [-0.2, 0) is 13.0 Å². The Morgan fingerprint density at radius 3 is 2.63 bits per heavy atom. The van der Waals surface area contributed by atoms with Gasteiger partial charge in [-0.1, -0.05) is 43.7 Å². The van der Waals surface area contributed by atoms with E-state index in [0.29, 0.717) is 12.1 Å². The molecule has 0 bridgehead atoms. The molecular formula is C17H20FN. The molecule has 0 spiro atoms. The highest BCUT2D eigenvalue weighted by molar-refractivity contribution is 5.51. The summed E-state index contributed by atoms with van der Waals surface area (Å²) in [6.45, 7) is 4.60. The lowest BCUT2D eigenvalue weighted by molar-refractivity contribution is 0.616. The molecule has 100 valence electrons. The smallest absolute Gasteiger partial charge is 0.126 e. The number of nitrogens with one attached hydrogen (secondary N) is 1. The first-order chi connectivity index (χ1) is 9.20. The molecule has 2 aromatic rings. The van der Waals surface area contributed by atoms with Gasteiger partial charge in [-0.2, -0.15) is 0 Å². The Balaban J connectivity index is 2.07. The molecule has 0 fully saturated rings. The fourth-order valence-corrected chi connectivity index (χ4v) is 2.12. The molecule has 0 aliphatic heterocycles. The van der Waals surface area contributed by atoms with Crippen molar-refractivity contribution in [1.82, 2.24) is 0 Å². The van der Waals surface area contributed by atoms with Crippen molar-refractivity contribution in [2.75, 3.05) is 5.32 Å². The van der Waals surface area contributed by atoms with Gasteiger partial charge in [-0.05, 0) is 42.2 Å². The van der Waals surface area contributed by atoms with Crippen molar-refractivity contribution >= 4 is 5.69 Å². The van der Waals surface area contributed by atoms with Gasteiger partial charge in [0.2, 0.25) is 0 Å². The van der Waals surface area contributed by atoms with Crippen molar-refractivity contribution in [3.8, 4) is 0 Å². The monoisotopic (exact) mass is 257 g/mol. The second-order valence-corrected chi connectivity index (χ2v) is 4.84. The summed E-state index contributed by atoms with van der Waals surface area (Å²) >= 11 is 0. The third-order valence-electron chi connectivity index (χ3n) is 3.26. The Kier molecular flexibility index (Phi) is 4.56. The molecule has 0 radical (unpaired) electrons. The summed E-state index contributed by atoms with van der Waals surface area (Å²) in [4.78, 5) is 0. The molecule has 19 heavy (non-hydrogen) atoms. The molecule has 0 atom stereocenters. The molecule has 0 saturated heterocycles. The number of anilines is 1. The summed E-state index contributed by atoms with van der Waals surface area (Å²) in [5.74, 6) is -0.138. The van der Waals surface area contributed by atoms with Gasteiger partial charge in [0, 0.05) is 12.2 Å². The van der Waals surface area contributed by atoms with E-state index in [2.05, 4.69) is 30.4 Å². The lowest BCUT2D eigenvalue weighted by atomic mass is 10.1. The van der Waals surface area contributed by atoms with Gasteiger partial charge in [-0.25, -0.2) is 4.39 Å². The number of hydrogen-bond donors (Lipinski definition) is 1. The second-order valence-electron chi connectivity index (χ2n) is 4.84. The molecule has 0 aromatic heterocycles. The van der Waals surface area contributed by atoms with Crippen molar-refractivity contribution in [1.29, 1.82) is 0 Å². The van der Waals surface area contributed by atoms with E-state index < -0.39 is 0 Å². The van der Waals surface area contributed by atoms with E-state index in [-0.39, 0.29) is 5.82 Å². The maximum atomic E-state index is 13.5. The van der Waals surface area contributed by atoms with Crippen LogP contribution in [-0.4, -0.2) is 0 Å². The van der Waals surface area contributed by atoms with Crippen LogP contribution in [0.2, 0.25) is 0 Å². The third kappa shape index (κ3) is 3.57. The summed E-state index contributed by atoms with van der Waals surface area (Å²) in [5.41, 5.74) is 4.12. The predicted octanol–water partition coefficient (Wildman–Crippen LogP) is 4.70. The Hall–Kier alpha value is -1.83. The third-order valence-corrected chi connectivity index (χ3v) is 3.26. The summed E-state index contributed by atoms with van der Waals surface area (Å²) in [7, 11) is 0. The molecule has 1 N–H and O–H groups in total. The fourth-order valence-electron chi connectivity index (χ4n) is 2.12. The molecule has 2 aromatic carbocycles. The van der Waals surface area contributed by atoms with E-state index in [1.807, 2.05) is 18.2 Å². The summed E-state index contributed by atoms with van der Waals surface area (Å²) < 4.78 is 13.5. The lowest BCUT2D eigenvalue weighted by Crippen LogP contribution is -2.03. The van der Waals surface area contributed by atoms with Crippen LogP contribution in [0.1, 0.15) is 30.0 Å². The summed E-state index contributed by atoms with van der Waals surface area (Å²) in [5, 5.41) is 3.39. The molecule has 0 aliphatic rings. The van der Waals surface area contributed by atoms with Gasteiger partial charge < -0.3 is 5.32 Å². The summed E-state index contributed by atoms with van der Waals surface area (Å²) in [6, 6.07) is 13.7.